The Labute approximate surface area is 187 Å². The van der Waals surface area contributed by atoms with Crippen LogP contribution in [-0.2, 0) is 22.7 Å². The van der Waals surface area contributed by atoms with Crippen molar-refractivity contribution in [3.8, 4) is 22.3 Å². The number of hydrogen-bond acceptors (Lipinski definition) is 5. The highest BCUT2D eigenvalue weighted by Crippen LogP contribution is 2.23. The lowest BCUT2D eigenvalue weighted by molar-refractivity contribution is 0.0446. The quantitative estimate of drug-likeness (QED) is 0.291. The van der Waals surface area contributed by atoms with E-state index in [1.54, 1.807) is 0 Å². The van der Waals surface area contributed by atoms with Crippen LogP contribution in [0, 0.1) is 0 Å². The van der Waals surface area contributed by atoms with Gasteiger partial charge in [0.2, 0.25) is 0 Å². The van der Waals surface area contributed by atoms with Crippen LogP contribution in [0.2, 0.25) is 0 Å². The van der Waals surface area contributed by atoms with Crippen molar-refractivity contribution in [2.24, 2.45) is 0 Å². The molecule has 0 aliphatic carbocycles. The molecule has 0 bridgehead atoms. The topological polar surface area (TPSA) is 87.6 Å². The zero-order valence-corrected chi connectivity index (χ0v) is 17.5. The summed E-state index contributed by atoms with van der Waals surface area (Å²) in [5.74, 6) is 0. The molecule has 5 nitrogen and oxygen atoms in total. The third kappa shape index (κ3) is 5.46. The minimum atomic E-state index is -0.704. The Morgan fingerprint density at radius 3 is 1.34 bits per heavy atom. The zero-order chi connectivity index (χ0) is 22.3. The first-order valence-corrected chi connectivity index (χ1v) is 10.3. The van der Waals surface area contributed by atoms with Gasteiger partial charge in [-0.3, -0.25) is 0 Å². The fourth-order valence-corrected chi connectivity index (χ4v) is 3.35. The number of benzene rings is 4. The molecule has 0 heterocycles. The summed E-state index contributed by atoms with van der Waals surface area (Å²) in [5, 5.41) is 0. The summed E-state index contributed by atoms with van der Waals surface area (Å²) in [6, 6.07) is 31.0. The van der Waals surface area contributed by atoms with Crippen LogP contribution in [0.4, 0.5) is 16.2 Å². The van der Waals surface area contributed by atoms with Gasteiger partial charge in [-0.25, -0.2) is 4.79 Å². The van der Waals surface area contributed by atoms with Gasteiger partial charge in [0, 0.05) is 11.4 Å². The Morgan fingerprint density at radius 1 is 0.562 bits per heavy atom. The molecule has 0 fully saturated rings. The van der Waals surface area contributed by atoms with Gasteiger partial charge in [-0.2, -0.15) is 0 Å². The molecule has 4 N–H and O–H groups in total. The van der Waals surface area contributed by atoms with E-state index in [9.17, 15) is 4.79 Å². The molecule has 0 saturated carbocycles. The number of rotatable bonds is 6. The fraction of sp³-hybridized carbons (Fsp3) is 0.0741. The zero-order valence-electron chi connectivity index (χ0n) is 17.5. The van der Waals surface area contributed by atoms with Crippen LogP contribution in [0.15, 0.2) is 97.1 Å². The molecule has 0 saturated heterocycles. The Morgan fingerprint density at radius 2 is 0.969 bits per heavy atom. The second kappa shape index (κ2) is 9.71. The summed E-state index contributed by atoms with van der Waals surface area (Å²) in [6.45, 7) is 0.287. The van der Waals surface area contributed by atoms with E-state index in [-0.39, 0.29) is 13.2 Å². The van der Waals surface area contributed by atoms with E-state index < -0.39 is 6.16 Å². The summed E-state index contributed by atoms with van der Waals surface area (Å²) < 4.78 is 10.5. The number of nitrogen functional groups attached to an aromatic ring is 2. The molecular weight excluding hydrogens is 400 g/mol. The number of carbonyl (C=O) groups is 1. The van der Waals surface area contributed by atoms with E-state index in [1.165, 1.54) is 0 Å². The van der Waals surface area contributed by atoms with Crippen LogP contribution in [0.1, 0.15) is 11.1 Å². The Bertz CT molecular complexity index is 1110. The van der Waals surface area contributed by atoms with Crippen LogP contribution < -0.4 is 11.5 Å². The summed E-state index contributed by atoms with van der Waals surface area (Å²) in [4.78, 5) is 12.0. The van der Waals surface area contributed by atoms with Gasteiger partial charge in [0.25, 0.3) is 0 Å². The van der Waals surface area contributed by atoms with E-state index in [1.807, 2.05) is 97.1 Å². The Kier molecular flexibility index (Phi) is 6.37. The molecule has 0 unspecified atom stereocenters. The van der Waals surface area contributed by atoms with Gasteiger partial charge >= 0.3 is 6.16 Å². The lowest BCUT2D eigenvalue weighted by atomic mass is 10.0. The molecule has 32 heavy (non-hydrogen) atoms. The minimum Gasteiger partial charge on any atom is -0.429 e. The van der Waals surface area contributed by atoms with Crippen LogP contribution in [-0.4, -0.2) is 6.16 Å². The highest BCUT2D eigenvalue weighted by Gasteiger charge is 2.07. The predicted molar refractivity (Wildman–Crippen MR) is 128 cm³/mol. The maximum atomic E-state index is 12.0. The smallest absolute Gasteiger partial charge is 0.429 e. The molecule has 0 aliphatic rings. The van der Waals surface area contributed by atoms with Crippen molar-refractivity contribution < 1.29 is 14.3 Å². The van der Waals surface area contributed by atoms with Gasteiger partial charge in [-0.15, -0.1) is 0 Å². The lowest BCUT2D eigenvalue weighted by Crippen LogP contribution is -2.07. The predicted octanol–water partition coefficient (Wildman–Crippen LogP) is 6.04. The second-order valence-corrected chi connectivity index (χ2v) is 7.47. The maximum Gasteiger partial charge on any atom is 0.508 e. The van der Waals surface area contributed by atoms with Crippen molar-refractivity contribution in [2.75, 3.05) is 11.5 Å². The van der Waals surface area contributed by atoms with E-state index in [0.29, 0.717) is 0 Å². The third-order valence-corrected chi connectivity index (χ3v) is 5.06. The van der Waals surface area contributed by atoms with Crippen molar-refractivity contribution in [1.29, 1.82) is 0 Å². The average molecular weight is 425 g/mol. The first kappa shape index (κ1) is 21.0. The van der Waals surface area contributed by atoms with Crippen molar-refractivity contribution in [3.63, 3.8) is 0 Å². The van der Waals surface area contributed by atoms with Crippen LogP contribution >= 0.6 is 0 Å². The summed E-state index contributed by atoms with van der Waals surface area (Å²) in [5.41, 5.74) is 19.0. The van der Waals surface area contributed by atoms with Gasteiger partial charge < -0.3 is 20.9 Å². The molecule has 4 rings (SSSR count). The van der Waals surface area contributed by atoms with Crippen molar-refractivity contribution in [3.05, 3.63) is 108 Å². The molecule has 0 atom stereocenters. The SMILES string of the molecule is Nc1cccc(-c2ccc(COC(=O)OCc3ccc(-c4cccc(N)c4)cc3)cc2)c1. The van der Waals surface area contributed by atoms with E-state index in [4.69, 9.17) is 20.9 Å². The molecule has 0 aliphatic heterocycles. The minimum absolute atomic E-state index is 0.143. The average Bonchev–Trinajstić information content (AvgIpc) is 2.82. The lowest BCUT2D eigenvalue weighted by Gasteiger charge is -2.09. The van der Waals surface area contributed by atoms with E-state index >= 15 is 0 Å². The van der Waals surface area contributed by atoms with Gasteiger partial charge in [-0.05, 0) is 57.6 Å². The van der Waals surface area contributed by atoms with Crippen LogP contribution in [0.3, 0.4) is 0 Å². The Balaban J connectivity index is 1.26. The first-order valence-electron chi connectivity index (χ1n) is 10.3. The van der Waals surface area contributed by atoms with Gasteiger partial charge in [0.05, 0.1) is 0 Å². The van der Waals surface area contributed by atoms with Crippen molar-refractivity contribution in [1.82, 2.24) is 0 Å². The number of ether oxygens (including phenoxy) is 2. The third-order valence-electron chi connectivity index (χ3n) is 5.06. The summed E-state index contributed by atoms with van der Waals surface area (Å²) in [6.07, 6.45) is -0.704. The van der Waals surface area contributed by atoms with E-state index in [2.05, 4.69) is 0 Å². The molecule has 4 aromatic rings. The van der Waals surface area contributed by atoms with Gasteiger partial charge in [-0.1, -0.05) is 72.8 Å². The normalized spacial score (nSPS) is 10.5. The summed E-state index contributed by atoms with van der Waals surface area (Å²) >= 11 is 0. The standard InChI is InChI=1S/C27H24N2O3/c28-25-5-1-3-23(15-25)21-11-7-19(8-12-21)17-31-27(30)32-18-20-9-13-22(14-10-20)24-4-2-6-26(29)16-24/h1-16H,17-18,28-29H2. The molecule has 160 valence electrons. The van der Waals surface area contributed by atoms with Crippen LogP contribution in [0.5, 0.6) is 0 Å². The van der Waals surface area contributed by atoms with E-state index in [0.717, 1.165) is 44.8 Å². The molecule has 0 amide bonds. The van der Waals surface area contributed by atoms with Crippen molar-refractivity contribution >= 4 is 17.5 Å². The number of hydrogen-bond donors (Lipinski definition) is 2. The molecular formula is C27H24N2O3. The van der Waals surface area contributed by atoms with Crippen molar-refractivity contribution in [2.45, 2.75) is 13.2 Å². The number of nitrogens with two attached hydrogens (primary N) is 2. The summed E-state index contributed by atoms with van der Waals surface area (Å²) in [7, 11) is 0. The molecule has 5 heteroatoms. The Hall–Kier alpha value is -4.25. The molecule has 0 aromatic heterocycles. The molecule has 0 radical (unpaired) electrons. The molecule has 0 spiro atoms. The number of carbonyl (C=O) groups excluding carboxylic acids is 1. The molecule has 4 aromatic carbocycles. The highest BCUT2D eigenvalue weighted by atomic mass is 16.7. The number of anilines is 2. The monoisotopic (exact) mass is 424 g/mol. The van der Waals surface area contributed by atoms with Crippen LogP contribution in [0.25, 0.3) is 22.3 Å². The first-order chi connectivity index (χ1) is 15.6. The maximum absolute atomic E-state index is 12.0. The fourth-order valence-electron chi connectivity index (χ4n) is 3.35. The van der Waals surface area contributed by atoms with Gasteiger partial charge in [0.1, 0.15) is 13.2 Å². The highest BCUT2D eigenvalue weighted by molar-refractivity contribution is 5.68. The largest absolute Gasteiger partial charge is 0.508 e. The second-order valence-electron chi connectivity index (χ2n) is 7.47. The van der Waals surface area contributed by atoms with Gasteiger partial charge in [0.15, 0.2) is 0 Å².